The normalized spacial score (nSPS) is 14.6. The maximum absolute atomic E-state index is 14.3. The van der Waals surface area contributed by atoms with Crippen LogP contribution in [0.15, 0.2) is 41.1 Å². The van der Waals surface area contributed by atoms with Gasteiger partial charge in [0.1, 0.15) is 17.1 Å². The standard InChI is InChI=1S/C18H15FIN3O3/c19-13-9-11(20)1-2-14(13)22-16-12-10-21-4-3-15(12)26-17(16)18(24)23-5-7-25-8-6-23/h1-4,9-10,22H,5-8H2. The van der Waals surface area contributed by atoms with Crippen molar-refractivity contribution in [1.82, 2.24) is 9.88 Å². The molecule has 6 nitrogen and oxygen atoms in total. The van der Waals surface area contributed by atoms with E-state index in [1.54, 1.807) is 35.5 Å². The van der Waals surface area contributed by atoms with Gasteiger partial charge in [0.2, 0.25) is 5.76 Å². The van der Waals surface area contributed by atoms with Crippen LogP contribution in [0.2, 0.25) is 0 Å². The maximum Gasteiger partial charge on any atom is 0.291 e. The number of fused-ring (bicyclic) bond motifs is 1. The first kappa shape index (κ1) is 17.2. The van der Waals surface area contributed by atoms with Crippen LogP contribution >= 0.6 is 22.6 Å². The van der Waals surface area contributed by atoms with Crippen molar-refractivity contribution in [2.75, 3.05) is 31.6 Å². The maximum atomic E-state index is 14.3. The van der Waals surface area contributed by atoms with E-state index in [0.717, 1.165) is 3.57 Å². The minimum atomic E-state index is -0.403. The Labute approximate surface area is 162 Å². The van der Waals surface area contributed by atoms with Crippen molar-refractivity contribution in [1.29, 1.82) is 0 Å². The highest BCUT2D eigenvalue weighted by atomic mass is 127. The summed E-state index contributed by atoms with van der Waals surface area (Å²) in [7, 11) is 0. The summed E-state index contributed by atoms with van der Waals surface area (Å²) in [5, 5.41) is 3.65. The first-order valence-electron chi connectivity index (χ1n) is 8.09. The van der Waals surface area contributed by atoms with Crippen molar-refractivity contribution in [2.45, 2.75) is 0 Å². The number of anilines is 2. The second-order valence-electron chi connectivity index (χ2n) is 5.83. The number of nitrogens with one attached hydrogen (secondary N) is 1. The van der Waals surface area contributed by atoms with Crippen LogP contribution in [0.4, 0.5) is 15.8 Å². The van der Waals surface area contributed by atoms with Crippen LogP contribution in [0.25, 0.3) is 11.0 Å². The van der Waals surface area contributed by atoms with Gasteiger partial charge in [-0.25, -0.2) is 4.39 Å². The number of aromatic nitrogens is 1. The van der Waals surface area contributed by atoms with Gasteiger partial charge in [-0.15, -0.1) is 0 Å². The molecule has 0 radical (unpaired) electrons. The van der Waals surface area contributed by atoms with Crippen LogP contribution in [-0.2, 0) is 4.74 Å². The quantitative estimate of drug-likeness (QED) is 0.594. The molecule has 1 aromatic carbocycles. The molecular weight excluding hydrogens is 452 g/mol. The number of benzene rings is 1. The van der Waals surface area contributed by atoms with Crippen LogP contribution in [0.1, 0.15) is 10.6 Å². The Balaban J connectivity index is 1.77. The lowest BCUT2D eigenvalue weighted by molar-refractivity contribution is 0.0285. The number of halogens is 2. The fourth-order valence-corrected chi connectivity index (χ4v) is 3.31. The Kier molecular flexibility index (Phi) is 4.77. The lowest BCUT2D eigenvalue weighted by Crippen LogP contribution is -2.40. The molecule has 3 aromatic rings. The van der Waals surface area contributed by atoms with Crippen LogP contribution in [0, 0.1) is 9.39 Å². The van der Waals surface area contributed by atoms with E-state index in [-0.39, 0.29) is 17.4 Å². The lowest BCUT2D eigenvalue weighted by Gasteiger charge is -2.26. The van der Waals surface area contributed by atoms with E-state index < -0.39 is 5.82 Å². The van der Waals surface area contributed by atoms with Crippen LogP contribution < -0.4 is 5.32 Å². The average Bonchev–Trinajstić information content (AvgIpc) is 3.02. The summed E-state index contributed by atoms with van der Waals surface area (Å²) in [6.45, 7) is 1.96. The molecule has 0 saturated carbocycles. The number of nitrogens with zero attached hydrogens (tertiary/aromatic N) is 2. The van der Waals surface area contributed by atoms with Gasteiger partial charge in [-0.1, -0.05) is 0 Å². The number of furan rings is 1. The molecule has 0 atom stereocenters. The minimum Gasteiger partial charge on any atom is -0.448 e. The van der Waals surface area contributed by atoms with Gasteiger partial charge in [-0.3, -0.25) is 9.78 Å². The van der Waals surface area contributed by atoms with Gasteiger partial charge < -0.3 is 19.4 Å². The molecule has 0 aliphatic carbocycles. The van der Waals surface area contributed by atoms with Crippen molar-refractivity contribution in [2.24, 2.45) is 0 Å². The highest BCUT2D eigenvalue weighted by molar-refractivity contribution is 14.1. The molecule has 1 aliphatic heterocycles. The van der Waals surface area contributed by atoms with E-state index in [1.807, 2.05) is 22.6 Å². The van der Waals surface area contributed by atoms with E-state index in [0.29, 0.717) is 43.0 Å². The average molecular weight is 467 g/mol. The van der Waals surface area contributed by atoms with Gasteiger partial charge >= 0.3 is 0 Å². The summed E-state index contributed by atoms with van der Waals surface area (Å²) in [5.74, 6) is -0.509. The Morgan fingerprint density at radius 3 is 2.85 bits per heavy atom. The van der Waals surface area contributed by atoms with E-state index >= 15 is 0 Å². The Bertz CT molecular complexity index is 969. The monoisotopic (exact) mass is 467 g/mol. The second kappa shape index (κ2) is 7.20. The molecule has 2 aromatic heterocycles. The Morgan fingerprint density at radius 2 is 2.08 bits per heavy atom. The number of amides is 1. The van der Waals surface area contributed by atoms with Gasteiger partial charge in [0.05, 0.1) is 24.3 Å². The fraction of sp³-hybridized carbons (Fsp3) is 0.222. The molecule has 0 bridgehead atoms. The molecule has 4 rings (SSSR count). The fourth-order valence-electron chi connectivity index (χ4n) is 2.85. The second-order valence-corrected chi connectivity index (χ2v) is 7.08. The number of morpholine rings is 1. The molecule has 1 fully saturated rings. The molecule has 8 heteroatoms. The summed E-state index contributed by atoms with van der Waals surface area (Å²) >= 11 is 2.04. The summed E-state index contributed by atoms with van der Waals surface area (Å²) in [5.41, 5.74) is 1.21. The van der Waals surface area contributed by atoms with E-state index in [2.05, 4.69) is 10.3 Å². The molecule has 0 spiro atoms. The predicted molar refractivity (Wildman–Crippen MR) is 103 cm³/mol. The molecule has 1 saturated heterocycles. The Morgan fingerprint density at radius 1 is 1.27 bits per heavy atom. The van der Waals surface area contributed by atoms with Crippen molar-refractivity contribution in [3.63, 3.8) is 0 Å². The SMILES string of the molecule is O=C(c1oc2ccncc2c1Nc1ccc(I)cc1F)N1CCOCC1. The molecule has 1 aliphatic rings. The van der Waals surface area contributed by atoms with Gasteiger partial charge in [-0.05, 0) is 46.9 Å². The van der Waals surface area contributed by atoms with Crippen molar-refractivity contribution < 1.29 is 18.3 Å². The van der Waals surface area contributed by atoms with Gasteiger partial charge in [0.25, 0.3) is 5.91 Å². The number of hydrogen-bond acceptors (Lipinski definition) is 5. The zero-order valence-electron chi connectivity index (χ0n) is 13.7. The Hall–Kier alpha value is -2.20. The van der Waals surface area contributed by atoms with Crippen LogP contribution in [-0.4, -0.2) is 42.1 Å². The highest BCUT2D eigenvalue weighted by Gasteiger charge is 2.27. The summed E-state index contributed by atoms with van der Waals surface area (Å²) < 4.78 is 26.2. The number of hydrogen-bond donors (Lipinski definition) is 1. The molecule has 0 unspecified atom stereocenters. The first-order valence-corrected chi connectivity index (χ1v) is 9.17. The smallest absolute Gasteiger partial charge is 0.291 e. The van der Waals surface area contributed by atoms with Gasteiger partial charge in [0.15, 0.2) is 0 Å². The number of carbonyl (C=O) groups is 1. The molecule has 1 N–H and O–H groups in total. The van der Waals surface area contributed by atoms with Gasteiger partial charge in [0, 0.05) is 29.1 Å². The highest BCUT2D eigenvalue weighted by Crippen LogP contribution is 2.34. The van der Waals surface area contributed by atoms with Gasteiger partial charge in [-0.2, -0.15) is 0 Å². The zero-order valence-corrected chi connectivity index (χ0v) is 15.8. The van der Waals surface area contributed by atoms with E-state index in [9.17, 15) is 9.18 Å². The molecule has 1 amide bonds. The zero-order chi connectivity index (χ0) is 18.1. The third-order valence-corrected chi connectivity index (χ3v) is 4.84. The third kappa shape index (κ3) is 3.26. The summed E-state index contributed by atoms with van der Waals surface area (Å²) in [6.07, 6.45) is 3.19. The summed E-state index contributed by atoms with van der Waals surface area (Å²) in [6, 6.07) is 6.53. The third-order valence-electron chi connectivity index (χ3n) is 4.17. The molecular formula is C18H15FIN3O3. The van der Waals surface area contributed by atoms with Crippen molar-refractivity contribution >= 4 is 50.8 Å². The molecule has 26 heavy (non-hydrogen) atoms. The van der Waals surface area contributed by atoms with E-state index in [4.69, 9.17) is 9.15 Å². The van der Waals surface area contributed by atoms with Crippen LogP contribution in [0.3, 0.4) is 0 Å². The molecule has 134 valence electrons. The van der Waals surface area contributed by atoms with Crippen molar-refractivity contribution in [3.05, 3.63) is 51.8 Å². The van der Waals surface area contributed by atoms with Crippen molar-refractivity contribution in [3.8, 4) is 0 Å². The minimum absolute atomic E-state index is 0.146. The van der Waals surface area contributed by atoms with Crippen LogP contribution in [0.5, 0.6) is 0 Å². The van der Waals surface area contributed by atoms with E-state index in [1.165, 1.54) is 6.07 Å². The lowest BCUT2D eigenvalue weighted by atomic mass is 10.2. The number of pyridine rings is 1. The predicted octanol–water partition coefficient (Wildman–Crippen LogP) is 3.79. The number of carbonyl (C=O) groups excluding carboxylic acids is 1. The summed E-state index contributed by atoms with van der Waals surface area (Å²) in [4.78, 5) is 18.7. The topological polar surface area (TPSA) is 67.6 Å². The largest absolute Gasteiger partial charge is 0.448 e. The first-order chi connectivity index (χ1) is 12.6. The molecule has 3 heterocycles. The number of rotatable bonds is 3. The number of ether oxygens (including phenoxy) is 1.